The fourth-order valence-corrected chi connectivity index (χ4v) is 2.58. The third kappa shape index (κ3) is 3.34. The van der Waals surface area contributed by atoms with Gasteiger partial charge in [0.25, 0.3) is 0 Å². The fourth-order valence-electron chi connectivity index (χ4n) is 2.58. The Morgan fingerprint density at radius 1 is 1.13 bits per heavy atom. The first kappa shape index (κ1) is 12.8. The zero-order valence-corrected chi connectivity index (χ0v) is 10.9. The van der Waals surface area contributed by atoms with Crippen LogP contribution in [0.1, 0.15) is 41.0 Å². The van der Waals surface area contributed by atoms with Crippen molar-refractivity contribution in [2.45, 2.75) is 41.0 Å². The van der Waals surface area contributed by atoms with Crippen molar-refractivity contribution in [2.24, 2.45) is 23.7 Å². The summed E-state index contributed by atoms with van der Waals surface area (Å²) in [4.78, 5) is 0. The molecular formula is C14H26O. The lowest BCUT2D eigenvalue weighted by Gasteiger charge is -2.30. The van der Waals surface area contributed by atoms with Gasteiger partial charge in [0.05, 0.1) is 13.2 Å². The molecule has 15 heavy (non-hydrogen) atoms. The summed E-state index contributed by atoms with van der Waals surface area (Å²) in [5.41, 5.74) is 1.48. The van der Waals surface area contributed by atoms with Gasteiger partial charge in [-0.1, -0.05) is 33.8 Å². The molecule has 1 nitrogen and oxygen atoms in total. The van der Waals surface area contributed by atoms with Crippen molar-refractivity contribution in [3.05, 3.63) is 11.6 Å². The Kier molecular flexibility index (Phi) is 4.85. The van der Waals surface area contributed by atoms with Crippen molar-refractivity contribution >= 4 is 0 Å². The fraction of sp³-hybridized carbons (Fsp3) is 0.857. The molecule has 88 valence electrons. The molecule has 0 aromatic carbocycles. The molecular weight excluding hydrogens is 184 g/mol. The molecule has 0 saturated carbocycles. The quantitative estimate of drug-likeness (QED) is 0.628. The van der Waals surface area contributed by atoms with Crippen LogP contribution in [0.15, 0.2) is 11.6 Å². The van der Waals surface area contributed by atoms with Crippen molar-refractivity contribution in [3.8, 4) is 0 Å². The van der Waals surface area contributed by atoms with Crippen molar-refractivity contribution < 1.29 is 4.74 Å². The number of hydrogen-bond acceptors (Lipinski definition) is 1. The Labute approximate surface area is 94.9 Å². The Hall–Kier alpha value is -0.300. The van der Waals surface area contributed by atoms with Gasteiger partial charge in [0, 0.05) is 0 Å². The third-order valence-corrected chi connectivity index (χ3v) is 3.77. The first-order chi connectivity index (χ1) is 7.06. The predicted molar refractivity (Wildman–Crippen MR) is 65.8 cm³/mol. The molecule has 0 aromatic heterocycles. The highest BCUT2D eigenvalue weighted by Gasteiger charge is 2.30. The molecule has 1 aliphatic rings. The maximum absolute atomic E-state index is 5.78. The molecule has 1 aliphatic heterocycles. The van der Waals surface area contributed by atoms with Crippen LogP contribution in [0.25, 0.3) is 0 Å². The standard InChI is InChI=1S/C14H26O/c1-6-12-7-13(10(2)3)14(11(4)5)9-15-8-12/h6,10-11,13-14H,7-9H2,1-5H3/b12-6-. The minimum absolute atomic E-state index is 0.724. The maximum atomic E-state index is 5.78. The van der Waals surface area contributed by atoms with E-state index in [1.807, 2.05) is 0 Å². The normalized spacial score (nSPS) is 31.3. The zero-order valence-electron chi connectivity index (χ0n) is 10.9. The largest absolute Gasteiger partial charge is 0.377 e. The minimum Gasteiger partial charge on any atom is -0.377 e. The molecule has 1 saturated heterocycles. The molecule has 1 fully saturated rings. The number of allylic oxidation sites excluding steroid dienone is 1. The second-order valence-electron chi connectivity index (χ2n) is 5.48. The van der Waals surface area contributed by atoms with Gasteiger partial charge >= 0.3 is 0 Å². The minimum atomic E-state index is 0.724. The molecule has 1 rings (SSSR count). The van der Waals surface area contributed by atoms with Crippen molar-refractivity contribution in [1.29, 1.82) is 0 Å². The highest BCUT2D eigenvalue weighted by Crippen LogP contribution is 2.35. The summed E-state index contributed by atoms with van der Waals surface area (Å²) in [6.45, 7) is 13.3. The monoisotopic (exact) mass is 210 g/mol. The van der Waals surface area contributed by atoms with Crippen molar-refractivity contribution in [3.63, 3.8) is 0 Å². The molecule has 1 heterocycles. The lowest BCUT2D eigenvalue weighted by atomic mass is 9.75. The van der Waals surface area contributed by atoms with E-state index < -0.39 is 0 Å². The van der Waals surface area contributed by atoms with E-state index in [2.05, 4.69) is 40.7 Å². The van der Waals surface area contributed by atoms with E-state index in [0.29, 0.717) is 0 Å². The van der Waals surface area contributed by atoms with Gasteiger partial charge < -0.3 is 4.74 Å². The molecule has 2 unspecified atom stereocenters. The van der Waals surface area contributed by atoms with Crippen LogP contribution in [0, 0.1) is 23.7 Å². The van der Waals surface area contributed by atoms with E-state index in [0.717, 1.165) is 36.9 Å². The highest BCUT2D eigenvalue weighted by molar-refractivity contribution is 5.04. The van der Waals surface area contributed by atoms with E-state index >= 15 is 0 Å². The van der Waals surface area contributed by atoms with Gasteiger partial charge in [-0.3, -0.25) is 0 Å². The number of hydrogen-bond donors (Lipinski definition) is 0. The van der Waals surface area contributed by atoms with E-state index in [-0.39, 0.29) is 0 Å². The first-order valence-corrected chi connectivity index (χ1v) is 6.28. The van der Waals surface area contributed by atoms with E-state index in [9.17, 15) is 0 Å². The van der Waals surface area contributed by atoms with E-state index in [1.165, 1.54) is 12.0 Å². The van der Waals surface area contributed by atoms with Gasteiger partial charge in [0.1, 0.15) is 0 Å². The second-order valence-corrected chi connectivity index (χ2v) is 5.48. The SMILES string of the molecule is C/C=C1\COCC(C(C)C)C(C(C)C)C1. The summed E-state index contributed by atoms with van der Waals surface area (Å²) < 4.78 is 5.78. The van der Waals surface area contributed by atoms with Crippen LogP contribution in [0.5, 0.6) is 0 Å². The van der Waals surface area contributed by atoms with E-state index in [1.54, 1.807) is 0 Å². The van der Waals surface area contributed by atoms with Crippen LogP contribution in [-0.2, 0) is 4.74 Å². The third-order valence-electron chi connectivity index (χ3n) is 3.77. The molecule has 2 atom stereocenters. The van der Waals surface area contributed by atoms with Gasteiger partial charge in [0.2, 0.25) is 0 Å². The lowest BCUT2D eigenvalue weighted by Crippen LogP contribution is -2.27. The summed E-state index contributed by atoms with van der Waals surface area (Å²) in [7, 11) is 0. The van der Waals surface area contributed by atoms with Gasteiger partial charge in [-0.2, -0.15) is 0 Å². The van der Waals surface area contributed by atoms with Crippen LogP contribution >= 0.6 is 0 Å². The lowest BCUT2D eigenvalue weighted by molar-refractivity contribution is 0.0769. The Balaban J connectivity index is 2.79. The summed E-state index contributed by atoms with van der Waals surface area (Å²) in [6.07, 6.45) is 3.47. The zero-order chi connectivity index (χ0) is 11.4. The molecule has 0 aliphatic carbocycles. The molecule has 0 aromatic rings. The van der Waals surface area contributed by atoms with Gasteiger partial charge in [-0.25, -0.2) is 0 Å². The number of ether oxygens (including phenoxy) is 1. The summed E-state index contributed by atoms with van der Waals surface area (Å²) >= 11 is 0. The maximum Gasteiger partial charge on any atom is 0.0676 e. The summed E-state index contributed by atoms with van der Waals surface area (Å²) in [5, 5.41) is 0. The number of rotatable bonds is 2. The van der Waals surface area contributed by atoms with E-state index in [4.69, 9.17) is 4.74 Å². The summed E-state index contributed by atoms with van der Waals surface area (Å²) in [5.74, 6) is 3.00. The molecule has 0 N–H and O–H groups in total. The Morgan fingerprint density at radius 2 is 1.73 bits per heavy atom. The van der Waals surface area contributed by atoms with Crippen LogP contribution in [0.2, 0.25) is 0 Å². The average molecular weight is 210 g/mol. The molecule has 0 spiro atoms. The molecule has 0 bridgehead atoms. The Bertz CT molecular complexity index is 215. The van der Waals surface area contributed by atoms with Crippen molar-refractivity contribution in [2.75, 3.05) is 13.2 Å². The average Bonchev–Trinajstić information content (AvgIpc) is 2.38. The molecule has 0 amide bonds. The smallest absolute Gasteiger partial charge is 0.0676 e. The summed E-state index contributed by atoms with van der Waals surface area (Å²) in [6, 6.07) is 0. The Morgan fingerprint density at radius 3 is 2.20 bits per heavy atom. The van der Waals surface area contributed by atoms with Crippen LogP contribution in [0.4, 0.5) is 0 Å². The topological polar surface area (TPSA) is 9.23 Å². The van der Waals surface area contributed by atoms with Gasteiger partial charge in [-0.15, -0.1) is 0 Å². The predicted octanol–water partition coefficient (Wildman–Crippen LogP) is 3.90. The van der Waals surface area contributed by atoms with Gasteiger partial charge in [0.15, 0.2) is 0 Å². The van der Waals surface area contributed by atoms with Crippen LogP contribution in [0.3, 0.4) is 0 Å². The molecule has 0 radical (unpaired) electrons. The first-order valence-electron chi connectivity index (χ1n) is 6.28. The van der Waals surface area contributed by atoms with Crippen LogP contribution < -0.4 is 0 Å². The van der Waals surface area contributed by atoms with Crippen LogP contribution in [-0.4, -0.2) is 13.2 Å². The molecule has 1 heteroatoms. The van der Waals surface area contributed by atoms with Crippen molar-refractivity contribution in [1.82, 2.24) is 0 Å². The van der Waals surface area contributed by atoms with Gasteiger partial charge in [-0.05, 0) is 42.6 Å². The second kappa shape index (κ2) is 5.69. The highest BCUT2D eigenvalue weighted by atomic mass is 16.5.